The Morgan fingerprint density at radius 3 is 2.06 bits per heavy atom. The minimum absolute atomic E-state index is 0.291. The topological polar surface area (TPSA) is 29.5 Å². The minimum Gasteiger partial charge on any atom is -0.385 e. The van der Waals surface area contributed by atoms with Crippen LogP contribution in [0, 0.1) is 0 Å². The number of unbranched alkanes of at least 4 members (excludes halogenated alkanes) is 2. The van der Waals surface area contributed by atoms with Crippen LogP contribution in [0.1, 0.15) is 52.4 Å². The van der Waals surface area contributed by atoms with Crippen LogP contribution in [0.4, 0.5) is 0 Å². The van der Waals surface area contributed by atoms with Crippen molar-refractivity contribution < 1.29 is 9.53 Å². The molecule has 0 aliphatic carbocycles. The summed E-state index contributed by atoms with van der Waals surface area (Å²) < 4.78 is 4.96. The van der Waals surface area contributed by atoms with Gasteiger partial charge in [-0.2, -0.15) is 0 Å². The molecular formula is C13H27NO2. The monoisotopic (exact) mass is 229 g/mol. The third-order valence-electron chi connectivity index (χ3n) is 2.65. The summed E-state index contributed by atoms with van der Waals surface area (Å²) in [4.78, 5) is 13.9. The average molecular weight is 229 g/mol. The summed E-state index contributed by atoms with van der Waals surface area (Å²) in [6, 6.07) is 0. The Morgan fingerprint density at radius 1 is 1.06 bits per heavy atom. The third kappa shape index (κ3) is 7.69. The number of rotatable bonds is 10. The molecule has 0 spiro atoms. The molecule has 0 fully saturated rings. The molecule has 0 aromatic heterocycles. The second-order valence-electron chi connectivity index (χ2n) is 4.18. The quantitative estimate of drug-likeness (QED) is 0.539. The van der Waals surface area contributed by atoms with Crippen molar-refractivity contribution >= 4 is 5.91 Å². The van der Waals surface area contributed by atoms with Gasteiger partial charge in [0.05, 0.1) is 0 Å². The highest BCUT2D eigenvalue weighted by atomic mass is 16.5. The van der Waals surface area contributed by atoms with E-state index in [9.17, 15) is 4.79 Å². The third-order valence-corrected chi connectivity index (χ3v) is 2.65. The maximum Gasteiger partial charge on any atom is 0.222 e. The van der Waals surface area contributed by atoms with Crippen molar-refractivity contribution in [2.45, 2.75) is 52.4 Å². The number of carbonyl (C=O) groups is 1. The molecule has 0 saturated heterocycles. The van der Waals surface area contributed by atoms with Crippen LogP contribution in [-0.2, 0) is 9.53 Å². The Hall–Kier alpha value is -0.570. The molecule has 0 heterocycles. The standard InChI is InChI=1S/C13H27NO2/c1-4-6-10-14(11-7-5-2)13(15)9-8-12-16-3/h4-12H2,1-3H3. The normalized spacial score (nSPS) is 10.4. The van der Waals surface area contributed by atoms with E-state index in [-0.39, 0.29) is 0 Å². The lowest BCUT2D eigenvalue weighted by Gasteiger charge is -2.22. The fourth-order valence-electron chi connectivity index (χ4n) is 1.58. The average Bonchev–Trinajstić information content (AvgIpc) is 2.29. The zero-order chi connectivity index (χ0) is 12.2. The van der Waals surface area contributed by atoms with Gasteiger partial charge in [0.15, 0.2) is 0 Å². The van der Waals surface area contributed by atoms with Crippen molar-refractivity contribution in [3.05, 3.63) is 0 Å². The maximum absolute atomic E-state index is 11.9. The number of carbonyl (C=O) groups excluding carboxylic acids is 1. The van der Waals surface area contributed by atoms with Gasteiger partial charge in [-0.1, -0.05) is 26.7 Å². The highest BCUT2D eigenvalue weighted by Crippen LogP contribution is 2.04. The van der Waals surface area contributed by atoms with Gasteiger partial charge < -0.3 is 9.64 Å². The molecule has 3 heteroatoms. The molecule has 0 rings (SSSR count). The van der Waals surface area contributed by atoms with Crippen molar-refractivity contribution in [1.29, 1.82) is 0 Å². The Labute approximate surface area is 100 Å². The summed E-state index contributed by atoms with van der Waals surface area (Å²) in [5.41, 5.74) is 0. The van der Waals surface area contributed by atoms with E-state index in [1.165, 1.54) is 0 Å². The van der Waals surface area contributed by atoms with Crippen molar-refractivity contribution in [1.82, 2.24) is 4.90 Å². The lowest BCUT2D eigenvalue weighted by molar-refractivity contribution is -0.131. The second kappa shape index (κ2) is 10.9. The van der Waals surface area contributed by atoms with E-state index in [2.05, 4.69) is 13.8 Å². The second-order valence-corrected chi connectivity index (χ2v) is 4.18. The van der Waals surface area contributed by atoms with E-state index in [1.54, 1.807) is 7.11 Å². The largest absolute Gasteiger partial charge is 0.385 e. The molecule has 3 nitrogen and oxygen atoms in total. The van der Waals surface area contributed by atoms with Gasteiger partial charge in [0.2, 0.25) is 5.91 Å². The van der Waals surface area contributed by atoms with Crippen molar-refractivity contribution in [3.8, 4) is 0 Å². The number of hydrogen-bond donors (Lipinski definition) is 0. The highest BCUT2D eigenvalue weighted by Gasteiger charge is 2.11. The molecule has 96 valence electrons. The van der Waals surface area contributed by atoms with Gasteiger partial charge in [0.1, 0.15) is 0 Å². The number of ether oxygens (including phenoxy) is 1. The van der Waals surface area contributed by atoms with Gasteiger partial charge in [-0.3, -0.25) is 4.79 Å². The number of nitrogens with zero attached hydrogens (tertiary/aromatic N) is 1. The fourth-order valence-corrected chi connectivity index (χ4v) is 1.58. The molecular weight excluding hydrogens is 202 g/mol. The summed E-state index contributed by atoms with van der Waals surface area (Å²) in [5, 5.41) is 0. The minimum atomic E-state index is 0.291. The summed E-state index contributed by atoms with van der Waals surface area (Å²) >= 11 is 0. The first kappa shape index (κ1) is 15.4. The summed E-state index contributed by atoms with van der Waals surface area (Å²) in [5.74, 6) is 0.291. The van der Waals surface area contributed by atoms with Crippen LogP contribution >= 0.6 is 0 Å². The molecule has 0 N–H and O–H groups in total. The Kier molecular flexibility index (Phi) is 10.5. The van der Waals surface area contributed by atoms with E-state index >= 15 is 0 Å². The first-order chi connectivity index (χ1) is 7.76. The van der Waals surface area contributed by atoms with Crippen LogP contribution in [0.15, 0.2) is 0 Å². The van der Waals surface area contributed by atoms with Crippen LogP contribution in [0.3, 0.4) is 0 Å². The zero-order valence-electron chi connectivity index (χ0n) is 11.1. The SMILES string of the molecule is CCCCN(CCCC)C(=O)CCCOC. The molecule has 0 aromatic carbocycles. The Bertz CT molecular complexity index is 163. The molecule has 0 radical (unpaired) electrons. The molecule has 16 heavy (non-hydrogen) atoms. The molecule has 1 amide bonds. The van der Waals surface area contributed by atoms with Gasteiger partial charge in [-0.25, -0.2) is 0 Å². The highest BCUT2D eigenvalue weighted by molar-refractivity contribution is 5.76. The van der Waals surface area contributed by atoms with Crippen LogP contribution < -0.4 is 0 Å². The Balaban J connectivity index is 3.88. The van der Waals surface area contributed by atoms with E-state index in [1.807, 2.05) is 4.90 Å². The lowest BCUT2D eigenvalue weighted by Crippen LogP contribution is -2.32. The van der Waals surface area contributed by atoms with E-state index in [4.69, 9.17) is 4.74 Å². The van der Waals surface area contributed by atoms with Crippen LogP contribution in [0.5, 0.6) is 0 Å². The van der Waals surface area contributed by atoms with Crippen molar-refractivity contribution in [3.63, 3.8) is 0 Å². The first-order valence-electron chi connectivity index (χ1n) is 6.52. The molecule has 0 atom stereocenters. The summed E-state index contributed by atoms with van der Waals surface area (Å²) in [7, 11) is 1.68. The van der Waals surface area contributed by atoms with Gasteiger partial charge in [-0.15, -0.1) is 0 Å². The fraction of sp³-hybridized carbons (Fsp3) is 0.923. The van der Waals surface area contributed by atoms with E-state index in [0.29, 0.717) is 18.9 Å². The predicted octanol–water partition coefficient (Wildman–Crippen LogP) is 2.84. The molecule has 0 aromatic rings. The zero-order valence-corrected chi connectivity index (χ0v) is 11.1. The molecule has 0 saturated carbocycles. The smallest absolute Gasteiger partial charge is 0.222 e. The molecule has 0 bridgehead atoms. The van der Waals surface area contributed by atoms with Crippen LogP contribution in [0.25, 0.3) is 0 Å². The van der Waals surface area contributed by atoms with Gasteiger partial charge in [-0.05, 0) is 19.3 Å². The molecule has 0 unspecified atom stereocenters. The van der Waals surface area contributed by atoms with Crippen molar-refractivity contribution in [2.75, 3.05) is 26.8 Å². The van der Waals surface area contributed by atoms with Gasteiger partial charge >= 0.3 is 0 Å². The van der Waals surface area contributed by atoms with Gasteiger partial charge in [0, 0.05) is 33.2 Å². The van der Waals surface area contributed by atoms with Crippen LogP contribution in [-0.4, -0.2) is 37.6 Å². The van der Waals surface area contributed by atoms with Crippen LogP contribution in [0.2, 0.25) is 0 Å². The van der Waals surface area contributed by atoms with Gasteiger partial charge in [0.25, 0.3) is 0 Å². The van der Waals surface area contributed by atoms with Crippen molar-refractivity contribution in [2.24, 2.45) is 0 Å². The number of amides is 1. The maximum atomic E-state index is 11.9. The lowest BCUT2D eigenvalue weighted by atomic mass is 10.2. The van der Waals surface area contributed by atoms with E-state index in [0.717, 1.165) is 45.2 Å². The molecule has 0 aliphatic rings. The molecule has 0 aliphatic heterocycles. The number of methoxy groups -OCH3 is 1. The predicted molar refractivity (Wildman–Crippen MR) is 67.5 cm³/mol. The van der Waals surface area contributed by atoms with E-state index < -0.39 is 0 Å². The Morgan fingerprint density at radius 2 is 1.62 bits per heavy atom. The first-order valence-corrected chi connectivity index (χ1v) is 6.52. The summed E-state index contributed by atoms with van der Waals surface area (Å²) in [6.07, 6.45) is 5.98. The summed E-state index contributed by atoms with van der Waals surface area (Å²) in [6.45, 7) is 6.84. The number of hydrogen-bond acceptors (Lipinski definition) is 2.